The number of carbonyl (C=O) groups is 3. The molecule has 3 rings (SSSR count). The van der Waals surface area contributed by atoms with Crippen molar-refractivity contribution in [2.24, 2.45) is 5.92 Å². The molecule has 7 nitrogen and oxygen atoms in total. The van der Waals surface area contributed by atoms with Crippen LogP contribution in [0.1, 0.15) is 58.3 Å². The number of hydrogen-bond donors (Lipinski definition) is 1. The molecule has 0 atom stereocenters. The minimum Gasteiger partial charge on any atom is -0.296 e. The van der Waals surface area contributed by atoms with E-state index in [1.54, 1.807) is 17.8 Å². The summed E-state index contributed by atoms with van der Waals surface area (Å²) in [5, 5.41) is 11.0. The van der Waals surface area contributed by atoms with Gasteiger partial charge in [-0.15, -0.1) is 10.2 Å². The first-order valence-electron chi connectivity index (χ1n) is 8.68. The Balaban J connectivity index is 1.75. The van der Waals surface area contributed by atoms with E-state index < -0.39 is 0 Å². The molecule has 0 fully saturated rings. The van der Waals surface area contributed by atoms with Crippen LogP contribution in [0.15, 0.2) is 22.5 Å². The quantitative estimate of drug-likeness (QED) is 0.431. The van der Waals surface area contributed by atoms with E-state index in [0.717, 1.165) is 16.5 Å². The second-order valence-corrected chi connectivity index (χ2v) is 8.95. The highest BCUT2D eigenvalue weighted by atomic mass is 32.2. The minimum atomic E-state index is -0.386. The van der Waals surface area contributed by atoms with E-state index in [1.807, 2.05) is 20.8 Å². The number of nitrogens with zero attached hydrogens (tertiary/aromatic N) is 3. The van der Waals surface area contributed by atoms with Gasteiger partial charge in [0.15, 0.2) is 4.34 Å². The first-order chi connectivity index (χ1) is 12.9. The van der Waals surface area contributed by atoms with Crippen molar-refractivity contribution in [2.45, 2.75) is 31.5 Å². The van der Waals surface area contributed by atoms with Gasteiger partial charge in [-0.1, -0.05) is 43.9 Å². The Bertz CT molecular complexity index is 894. The second kappa shape index (κ2) is 8.18. The Hall–Kier alpha value is -2.26. The number of rotatable bonds is 7. The lowest BCUT2D eigenvalue weighted by molar-refractivity contribution is 0.0647. The van der Waals surface area contributed by atoms with E-state index in [0.29, 0.717) is 28.7 Å². The second-order valence-electron chi connectivity index (χ2n) is 6.47. The van der Waals surface area contributed by atoms with Gasteiger partial charge in [0.2, 0.25) is 5.13 Å². The molecule has 27 heavy (non-hydrogen) atoms. The number of amides is 3. The zero-order valence-electron chi connectivity index (χ0n) is 15.3. The van der Waals surface area contributed by atoms with Crippen molar-refractivity contribution in [1.29, 1.82) is 0 Å². The molecule has 1 aromatic heterocycles. The fraction of sp³-hybridized carbons (Fsp3) is 0.389. The van der Waals surface area contributed by atoms with Crippen molar-refractivity contribution in [3.63, 3.8) is 0 Å². The molecule has 0 saturated heterocycles. The molecule has 1 N–H and O–H groups in total. The number of hydrogen-bond acceptors (Lipinski definition) is 7. The lowest BCUT2D eigenvalue weighted by Gasteiger charge is -2.14. The predicted molar refractivity (Wildman–Crippen MR) is 106 cm³/mol. The van der Waals surface area contributed by atoms with Crippen LogP contribution in [-0.4, -0.2) is 45.1 Å². The van der Waals surface area contributed by atoms with Crippen molar-refractivity contribution in [3.8, 4) is 0 Å². The van der Waals surface area contributed by atoms with Crippen LogP contribution in [-0.2, 0) is 0 Å². The molecule has 1 aromatic carbocycles. The molecule has 0 unspecified atom stereocenters. The molecule has 2 heterocycles. The van der Waals surface area contributed by atoms with Crippen LogP contribution >= 0.6 is 23.1 Å². The molecule has 0 aliphatic carbocycles. The lowest BCUT2D eigenvalue weighted by Crippen LogP contribution is -2.31. The van der Waals surface area contributed by atoms with Crippen molar-refractivity contribution in [1.82, 2.24) is 15.1 Å². The summed E-state index contributed by atoms with van der Waals surface area (Å²) >= 11 is 2.84. The van der Waals surface area contributed by atoms with Gasteiger partial charge in [-0.05, 0) is 36.3 Å². The normalized spacial score (nSPS) is 13.4. The fourth-order valence-electron chi connectivity index (χ4n) is 2.63. The third kappa shape index (κ3) is 4.19. The van der Waals surface area contributed by atoms with E-state index in [9.17, 15) is 14.4 Å². The van der Waals surface area contributed by atoms with E-state index in [1.165, 1.54) is 28.4 Å². The van der Waals surface area contributed by atoms with Crippen LogP contribution in [0.2, 0.25) is 0 Å². The van der Waals surface area contributed by atoms with Crippen LogP contribution < -0.4 is 5.32 Å². The molecule has 1 aliphatic rings. The highest BCUT2D eigenvalue weighted by Crippen LogP contribution is 2.27. The first-order valence-corrected chi connectivity index (χ1v) is 10.5. The van der Waals surface area contributed by atoms with E-state index >= 15 is 0 Å². The maximum Gasteiger partial charge on any atom is 0.261 e. The van der Waals surface area contributed by atoms with Crippen LogP contribution in [0.5, 0.6) is 0 Å². The van der Waals surface area contributed by atoms with Crippen LogP contribution in [0, 0.1) is 5.92 Å². The Morgan fingerprint density at radius 3 is 2.67 bits per heavy atom. The predicted octanol–water partition coefficient (Wildman–Crippen LogP) is 3.54. The smallest absolute Gasteiger partial charge is 0.261 e. The van der Waals surface area contributed by atoms with Crippen LogP contribution in [0.3, 0.4) is 0 Å². The van der Waals surface area contributed by atoms with Gasteiger partial charge in [0.25, 0.3) is 17.7 Å². The molecule has 0 spiro atoms. The van der Waals surface area contributed by atoms with E-state index in [2.05, 4.69) is 15.5 Å². The Morgan fingerprint density at radius 2 is 1.96 bits per heavy atom. The van der Waals surface area contributed by atoms with Gasteiger partial charge < -0.3 is 0 Å². The van der Waals surface area contributed by atoms with Crippen LogP contribution in [0.4, 0.5) is 5.13 Å². The molecule has 0 saturated carbocycles. The number of nitrogens with one attached hydrogen (secondary N) is 1. The van der Waals surface area contributed by atoms with Gasteiger partial charge in [-0.2, -0.15) is 0 Å². The highest BCUT2D eigenvalue weighted by molar-refractivity contribution is 8.01. The lowest BCUT2D eigenvalue weighted by atomic mass is 10.1. The third-order valence-corrected chi connectivity index (χ3v) is 5.91. The molecule has 2 aromatic rings. The summed E-state index contributed by atoms with van der Waals surface area (Å²) in [6.45, 7) is 6.48. The van der Waals surface area contributed by atoms with Gasteiger partial charge in [-0.25, -0.2) is 0 Å². The standard InChI is InChI=1S/C18H20N4O3S2/c1-4-26-18-21-20-17(27-18)19-14(23)11-5-6-12-13(9-11)16(25)22(15(12)24)8-7-10(2)3/h5-6,9-10H,4,7-8H2,1-3H3,(H,19,20,23). The summed E-state index contributed by atoms with van der Waals surface area (Å²) in [5.74, 6) is 0.230. The summed E-state index contributed by atoms with van der Waals surface area (Å²) < 4.78 is 0.781. The van der Waals surface area contributed by atoms with Gasteiger partial charge >= 0.3 is 0 Å². The van der Waals surface area contributed by atoms with Crippen molar-refractivity contribution >= 4 is 46.0 Å². The molecule has 9 heteroatoms. The molecule has 1 aliphatic heterocycles. The molecule has 0 bridgehead atoms. The third-order valence-electron chi connectivity index (χ3n) is 4.06. The SMILES string of the molecule is CCSc1nnc(NC(=O)c2ccc3c(c2)C(=O)N(CCC(C)C)C3=O)s1. The number of imide groups is 1. The number of carbonyl (C=O) groups excluding carboxylic acids is 3. The summed E-state index contributed by atoms with van der Waals surface area (Å²) in [4.78, 5) is 38.8. The Kier molecular flexibility index (Phi) is 5.91. The summed E-state index contributed by atoms with van der Waals surface area (Å²) in [7, 11) is 0. The van der Waals surface area contributed by atoms with Crippen LogP contribution in [0.25, 0.3) is 0 Å². The number of benzene rings is 1. The number of fused-ring (bicyclic) bond motifs is 1. The first kappa shape index (κ1) is 19.5. The van der Waals surface area contributed by atoms with Gasteiger partial charge in [0.05, 0.1) is 11.1 Å². The van der Waals surface area contributed by atoms with Gasteiger partial charge in [0, 0.05) is 12.1 Å². The topological polar surface area (TPSA) is 92.3 Å². The summed E-state index contributed by atoms with van der Waals surface area (Å²) in [5.41, 5.74) is 0.925. The van der Waals surface area contributed by atoms with Gasteiger partial charge in [0.1, 0.15) is 0 Å². The number of thioether (sulfide) groups is 1. The molecular formula is C18H20N4O3S2. The number of anilines is 1. The zero-order valence-corrected chi connectivity index (χ0v) is 16.9. The van der Waals surface area contributed by atoms with E-state index in [4.69, 9.17) is 0 Å². The highest BCUT2D eigenvalue weighted by Gasteiger charge is 2.35. The number of aromatic nitrogens is 2. The minimum absolute atomic E-state index is 0.274. The maximum absolute atomic E-state index is 12.6. The Morgan fingerprint density at radius 1 is 1.22 bits per heavy atom. The van der Waals surface area contributed by atoms with Crippen molar-refractivity contribution in [2.75, 3.05) is 17.6 Å². The Labute approximate surface area is 165 Å². The molecular weight excluding hydrogens is 384 g/mol. The van der Waals surface area contributed by atoms with Crippen molar-refractivity contribution < 1.29 is 14.4 Å². The molecule has 3 amide bonds. The van der Waals surface area contributed by atoms with Gasteiger partial charge in [-0.3, -0.25) is 24.6 Å². The fourth-order valence-corrected chi connectivity index (χ4v) is 4.28. The molecule has 0 radical (unpaired) electrons. The van der Waals surface area contributed by atoms with Crippen molar-refractivity contribution in [3.05, 3.63) is 34.9 Å². The zero-order chi connectivity index (χ0) is 19.6. The summed E-state index contributed by atoms with van der Waals surface area (Å²) in [6, 6.07) is 4.56. The van der Waals surface area contributed by atoms with E-state index in [-0.39, 0.29) is 23.3 Å². The molecule has 142 valence electrons. The summed E-state index contributed by atoms with van der Waals surface area (Å²) in [6.07, 6.45) is 0.744. The monoisotopic (exact) mass is 404 g/mol. The maximum atomic E-state index is 12.6. The largest absolute Gasteiger partial charge is 0.296 e. The average molecular weight is 405 g/mol. The average Bonchev–Trinajstić information content (AvgIpc) is 3.16.